The molecule has 0 aliphatic carbocycles. The van der Waals surface area contributed by atoms with Gasteiger partial charge in [-0.25, -0.2) is 0 Å². The van der Waals surface area contributed by atoms with Gasteiger partial charge >= 0.3 is 0 Å². The molecule has 0 bridgehead atoms. The van der Waals surface area contributed by atoms with Crippen LogP contribution in [0, 0.1) is 0 Å². The standard InChI is InChI=1S/C22H17N3O2/c26-21-19(17-9-3-1-4-10-17)20(24-18-11-5-2-6-12-18)22(27)25(21)15-16-8-7-13-23-14-16/h1-14,24H,15H2. The fraction of sp³-hybridized carbons (Fsp3) is 0.0455. The van der Waals surface area contributed by atoms with E-state index < -0.39 is 0 Å². The Hall–Kier alpha value is -3.73. The molecule has 0 saturated carbocycles. The molecule has 3 aromatic rings. The number of hydrogen-bond acceptors (Lipinski definition) is 4. The molecule has 1 aromatic heterocycles. The molecule has 132 valence electrons. The quantitative estimate of drug-likeness (QED) is 0.712. The molecule has 27 heavy (non-hydrogen) atoms. The fourth-order valence-corrected chi connectivity index (χ4v) is 3.05. The van der Waals surface area contributed by atoms with Gasteiger partial charge in [0.25, 0.3) is 11.8 Å². The molecule has 1 aliphatic heterocycles. The molecular weight excluding hydrogens is 338 g/mol. The van der Waals surface area contributed by atoms with Crippen LogP contribution in [0.2, 0.25) is 0 Å². The van der Waals surface area contributed by atoms with Crippen molar-refractivity contribution in [2.45, 2.75) is 6.54 Å². The van der Waals surface area contributed by atoms with Crippen molar-refractivity contribution in [2.24, 2.45) is 0 Å². The van der Waals surface area contributed by atoms with Gasteiger partial charge in [-0.05, 0) is 29.3 Å². The maximum atomic E-state index is 13.1. The molecule has 5 heteroatoms. The van der Waals surface area contributed by atoms with Crippen LogP contribution in [0.3, 0.4) is 0 Å². The van der Waals surface area contributed by atoms with E-state index in [1.165, 1.54) is 4.90 Å². The lowest BCUT2D eigenvalue weighted by Gasteiger charge is -2.15. The number of pyridine rings is 1. The Bertz CT molecular complexity index is 1000. The summed E-state index contributed by atoms with van der Waals surface area (Å²) in [6, 6.07) is 22.2. The van der Waals surface area contributed by atoms with Gasteiger partial charge in [-0.3, -0.25) is 19.5 Å². The Morgan fingerprint density at radius 3 is 2.19 bits per heavy atom. The van der Waals surface area contributed by atoms with Crippen molar-refractivity contribution in [1.82, 2.24) is 9.88 Å². The van der Waals surface area contributed by atoms with Crippen LogP contribution < -0.4 is 5.32 Å². The van der Waals surface area contributed by atoms with E-state index in [4.69, 9.17) is 0 Å². The minimum absolute atomic E-state index is 0.182. The van der Waals surface area contributed by atoms with E-state index in [1.807, 2.05) is 66.7 Å². The SMILES string of the molecule is O=C1C(Nc2ccccc2)=C(c2ccccc2)C(=O)N1Cc1cccnc1. The molecule has 0 unspecified atom stereocenters. The summed E-state index contributed by atoms with van der Waals surface area (Å²) >= 11 is 0. The number of nitrogens with zero attached hydrogens (tertiary/aromatic N) is 2. The van der Waals surface area contributed by atoms with Gasteiger partial charge in [-0.15, -0.1) is 0 Å². The molecule has 0 fully saturated rings. The normalized spacial score (nSPS) is 14.0. The summed E-state index contributed by atoms with van der Waals surface area (Å²) < 4.78 is 0. The number of hydrogen-bond donors (Lipinski definition) is 1. The van der Waals surface area contributed by atoms with E-state index in [1.54, 1.807) is 18.5 Å². The second kappa shape index (κ2) is 7.25. The number of benzene rings is 2. The molecule has 2 aromatic carbocycles. The van der Waals surface area contributed by atoms with Crippen molar-refractivity contribution >= 4 is 23.1 Å². The van der Waals surface area contributed by atoms with Crippen LogP contribution in [0.15, 0.2) is 90.9 Å². The lowest BCUT2D eigenvalue weighted by molar-refractivity contribution is -0.137. The number of imide groups is 1. The van der Waals surface area contributed by atoms with Crippen LogP contribution in [0.4, 0.5) is 5.69 Å². The first-order valence-corrected chi connectivity index (χ1v) is 8.61. The molecule has 2 heterocycles. The summed E-state index contributed by atoms with van der Waals surface area (Å²) in [5.41, 5.74) is 2.94. The number of rotatable bonds is 5. The second-order valence-corrected chi connectivity index (χ2v) is 6.16. The Kier molecular flexibility index (Phi) is 4.49. The zero-order valence-electron chi connectivity index (χ0n) is 14.5. The van der Waals surface area contributed by atoms with Gasteiger partial charge in [-0.1, -0.05) is 54.6 Å². The predicted octanol–water partition coefficient (Wildman–Crippen LogP) is 3.47. The summed E-state index contributed by atoms with van der Waals surface area (Å²) in [4.78, 5) is 31.5. The van der Waals surface area contributed by atoms with Gasteiger partial charge in [0, 0.05) is 18.1 Å². The van der Waals surface area contributed by atoms with Gasteiger partial charge in [0.1, 0.15) is 5.70 Å². The van der Waals surface area contributed by atoms with E-state index in [-0.39, 0.29) is 18.4 Å². The fourth-order valence-electron chi connectivity index (χ4n) is 3.05. The number of aromatic nitrogens is 1. The highest BCUT2D eigenvalue weighted by Crippen LogP contribution is 2.31. The Balaban J connectivity index is 1.73. The van der Waals surface area contributed by atoms with Crippen LogP contribution in [0.1, 0.15) is 11.1 Å². The predicted molar refractivity (Wildman–Crippen MR) is 103 cm³/mol. The second-order valence-electron chi connectivity index (χ2n) is 6.16. The summed E-state index contributed by atoms with van der Waals surface area (Å²) in [6.07, 6.45) is 3.32. The van der Waals surface area contributed by atoms with E-state index >= 15 is 0 Å². The lowest BCUT2D eigenvalue weighted by Crippen LogP contribution is -2.32. The van der Waals surface area contributed by atoms with Crippen molar-refractivity contribution < 1.29 is 9.59 Å². The Morgan fingerprint density at radius 1 is 0.815 bits per heavy atom. The van der Waals surface area contributed by atoms with E-state index in [2.05, 4.69) is 10.3 Å². The van der Waals surface area contributed by atoms with E-state index in [9.17, 15) is 9.59 Å². The number of para-hydroxylation sites is 1. The first-order valence-electron chi connectivity index (χ1n) is 8.61. The van der Waals surface area contributed by atoms with Crippen LogP contribution in [0.25, 0.3) is 5.57 Å². The smallest absolute Gasteiger partial charge is 0.278 e. The van der Waals surface area contributed by atoms with Crippen LogP contribution in [0.5, 0.6) is 0 Å². The van der Waals surface area contributed by atoms with E-state index in [0.29, 0.717) is 16.8 Å². The zero-order chi connectivity index (χ0) is 18.6. The number of carbonyl (C=O) groups is 2. The van der Waals surface area contributed by atoms with Gasteiger partial charge in [0.2, 0.25) is 0 Å². The molecule has 0 radical (unpaired) electrons. The highest BCUT2D eigenvalue weighted by Gasteiger charge is 2.39. The van der Waals surface area contributed by atoms with Crippen molar-refractivity contribution in [1.29, 1.82) is 0 Å². The number of amides is 2. The minimum atomic E-state index is -0.341. The molecule has 2 amide bonds. The lowest BCUT2D eigenvalue weighted by atomic mass is 10.0. The summed E-state index contributed by atoms with van der Waals surface area (Å²) in [7, 11) is 0. The van der Waals surface area contributed by atoms with Crippen molar-refractivity contribution in [3.63, 3.8) is 0 Å². The maximum Gasteiger partial charge on any atom is 0.278 e. The number of anilines is 1. The molecule has 5 nitrogen and oxygen atoms in total. The number of nitrogens with one attached hydrogen (secondary N) is 1. The van der Waals surface area contributed by atoms with Gasteiger partial charge < -0.3 is 5.32 Å². The van der Waals surface area contributed by atoms with Gasteiger partial charge in [-0.2, -0.15) is 0 Å². The van der Waals surface area contributed by atoms with Gasteiger partial charge in [0.15, 0.2) is 0 Å². The molecule has 0 atom stereocenters. The number of carbonyl (C=O) groups excluding carboxylic acids is 2. The van der Waals surface area contributed by atoms with Crippen molar-refractivity contribution in [2.75, 3.05) is 5.32 Å². The molecule has 1 aliphatic rings. The monoisotopic (exact) mass is 355 g/mol. The highest BCUT2D eigenvalue weighted by atomic mass is 16.2. The Labute approximate surface area is 157 Å². The summed E-state index contributed by atoms with van der Waals surface area (Å²) in [5.74, 6) is -0.653. The summed E-state index contributed by atoms with van der Waals surface area (Å²) in [6.45, 7) is 0.182. The Morgan fingerprint density at radius 2 is 1.52 bits per heavy atom. The molecule has 0 spiro atoms. The van der Waals surface area contributed by atoms with Crippen molar-refractivity contribution in [3.8, 4) is 0 Å². The first kappa shape index (κ1) is 16.7. The topological polar surface area (TPSA) is 62.3 Å². The highest BCUT2D eigenvalue weighted by molar-refractivity contribution is 6.36. The molecular formula is C22H17N3O2. The minimum Gasteiger partial charge on any atom is -0.350 e. The third kappa shape index (κ3) is 3.35. The molecule has 4 rings (SSSR count). The first-order chi connectivity index (χ1) is 13.2. The average molecular weight is 355 g/mol. The molecule has 1 N–H and O–H groups in total. The third-order valence-corrected chi connectivity index (χ3v) is 4.34. The van der Waals surface area contributed by atoms with Crippen molar-refractivity contribution in [3.05, 3.63) is 102 Å². The average Bonchev–Trinajstić information content (AvgIpc) is 2.94. The summed E-state index contributed by atoms with van der Waals surface area (Å²) in [5, 5.41) is 3.14. The largest absolute Gasteiger partial charge is 0.350 e. The third-order valence-electron chi connectivity index (χ3n) is 4.34. The maximum absolute atomic E-state index is 13.1. The zero-order valence-corrected chi connectivity index (χ0v) is 14.5. The van der Waals surface area contributed by atoms with Crippen LogP contribution in [-0.4, -0.2) is 21.7 Å². The van der Waals surface area contributed by atoms with E-state index in [0.717, 1.165) is 11.3 Å². The van der Waals surface area contributed by atoms with Crippen LogP contribution >= 0.6 is 0 Å². The van der Waals surface area contributed by atoms with Gasteiger partial charge in [0.05, 0.1) is 12.1 Å². The molecule has 0 saturated heterocycles. The van der Waals surface area contributed by atoms with Crippen LogP contribution in [-0.2, 0) is 16.1 Å².